The molecule has 1 aromatic carbocycles. The van der Waals surface area contributed by atoms with Gasteiger partial charge in [0.15, 0.2) is 0 Å². The minimum Gasteiger partial charge on any atom is -0.495 e. The zero-order valence-electron chi connectivity index (χ0n) is 12.4. The van der Waals surface area contributed by atoms with Crippen LogP contribution in [0, 0.1) is 5.92 Å². The molecule has 0 spiro atoms. The van der Waals surface area contributed by atoms with Crippen molar-refractivity contribution in [2.75, 3.05) is 13.7 Å². The van der Waals surface area contributed by atoms with Crippen LogP contribution in [0.1, 0.15) is 37.0 Å². The predicted molar refractivity (Wildman–Crippen MR) is 79.2 cm³/mol. The molecule has 0 amide bonds. The summed E-state index contributed by atoms with van der Waals surface area (Å²) in [4.78, 5) is 10.8. The second-order valence-electron chi connectivity index (χ2n) is 5.10. The number of carboxylic acids is 1. The first-order valence-corrected chi connectivity index (χ1v) is 8.17. The lowest BCUT2D eigenvalue weighted by Crippen LogP contribution is -2.25. The Morgan fingerprint density at radius 3 is 2.57 bits per heavy atom. The summed E-state index contributed by atoms with van der Waals surface area (Å²) in [6.07, 6.45) is 1.67. The Labute approximate surface area is 125 Å². The van der Waals surface area contributed by atoms with Gasteiger partial charge in [0.25, 0.3) is 0 Å². The second kappa shape index (κ2) is 7.42. The van der Waals surface area contributed by atoms with Gasteiger partial charge < -0.3 is 9.84 Å². The van der Waals surface area contributed by atoms with E-state index in [1.807, 2.05) is 0 Å². The van der Waals surface area contributed by atoms with Crippen molar-refractivity contribution < 1.29 is 23.1 Å². The van der Waals surface area contributed by atoms with E-state index in [1.165, 1.54) is 25.3 Å². The summed E-state index contributed by atoms with van der Waals surface area (Å²) < 4.78 is 31.9. The Hall–Kier alpha value is -1.60. The zero-order chi connectivity index (χ0) is 16.0. The number of hydrogen-bond donors (Lipinski definition) is 2. The topological polar surface area (TPSA) is 92.7 Å². The molecule has 0 fully saturated rings. The Bertz CT molecular complexity index is 595. The van der Waals surface area contributed by atoms with Crippen LogP contribution in [0.5, 0.6) is 5.75 Å². The number of rotatable bonds is 8. The van der Waals surface area contributed by atoms with Crippen molar-refractivity contribution in [3.63, 3.8) is 0 Å². The zero-order valence-corrected chi connectivity index (χ0v) is 13.2. The molecule has 1 aromatic rings. The van der Waals surface area contributed by atoms with Gasteiger partial charge in [-0.1, -0.05) is 13.8 Å². The van der Waals surface area contributed by atoms with Crippen LogP contribution >= 0.6 is 0 Å². The summed E-state index contributed by atoms with van der Waals surface area (Å²) in [6.45, 7) is 4.48. The Balaban J connectivity index is 2.90. The van der Waals surface area contributed by atoms with Crippen LogP contribution < -0.4 is 9.46 Å². The van der Waals surface area contributed by atoms with Crippen molar-refractivity contribution in [2.45, 2.75) is 31.6 Å². The van der Waals surface area contributed by atoms with Gasteiger partial charge in [0.2, 0.25) is 10.0 Å². The van der Waals surface area contributed by atoms with E-state index in [9.17, 15) is 13.2 Å². The molecule has 0 unspecified atom stereocenters. The molecule has 0 bridgehead atoms. The smallest absolute Gasteiger partial charge is 0.335 e. The standard InChI is InChI=1S/C14H21NO5S/c1-10(2)5-4-8-15-21(18,19)13-7-6-11(14(16)17)9-12(13)20-3/h6-7,9-10,15H,4-5,8H2,1-3H3,(H,16,17). The Morgan fingerprint density at radius 1 is 1.38 bits per heavy atom. The van der Waals surface area contributed by atoms with E-state index >= 15 is 0 Å². The van der Waals surface area contributed by atoms with Crippen LogP contribution in [0.4, 0.5) is 0 Å². The number of carboxylic acid groups (broad SMARTS) is 1. The Kier molecular flexibility index (Phi) is 6.17. The molecule has 6 nitrogen and oxygen atoms in total. The van der Waals surface area contributed by atoms with E-state index < -0.39 is 16.0 Å². The van der Waals surface area contributed by atoms with Gasteiger partial charge in [0, 0.05) is 6.54 Å². The van der Waals surface area contributed by atoms with Gasteiger partial charge in [0.05, 0.1) is 12.7 Å². The third-order valence-corrected chi connectivity index (χ3v) is 4.45. The van der Waals surface area contributed by atoms with Crippen LogP contribution in [0.15, 0.2) is 23.1 Å². The summed E-state index contributed by atoms with van der Waals surface area (Å²) in [7, 11) is -2.41. The number of aromatic carboxylic acids is 1. The molecule has 0 aliphatic carbocycles. The lowest BCUT2D eigenvalue weighted by molar-refractivity contribution is 0.0696. The summed E-state index contributed by atoms with van der Waals surface area (Å²) in [6, 6.07) is 3.69. The number of methoxy groups -OCH3 is 1. The monoisotopic (exact) mass is 315 g/mol. The third-order valence-electron chi connectivity index (χ3n) is 2.95. The molecule has 0 heterocycles. The summed E-state index contributed by atoms with van der Waals surface area (Å²) in [5.41, 5.74) is -0.0226. The average molecular weight is 315 g/mol. The Morgan fingerprint density at radius 2 is 2.05 bits per heavy atom. The molecule has 0 atom stereocenters. The maximum absolute atomic E-state index is 12.2. The molecule has 1 rings (SSSR count). The van der Waals surface area contributed by atoms with E-state index in [2.05, 4.69) is 18.6 Å². The van der Waals surface area contributed by atoms with Gasteiger partial charge in [-0.05, 0) is 37.0 Å². The lowest BCUT2D eigenvalue weighted by atomic mass is 10.1. The van der Waals surface area contributed by atoms with E-state index in [0.717, 1.165) is 12.8 Å². The van der Waals surface area contributed by atoms with Crippen molar-refractivity contribution in [1.82, 2.24) is 4.72 Å². The first-order valence-electron chi connectivity index (χ1n) is 6.69. The highest BCUT2D eigenvalue weighted by Gasteiger charge is 2.20. The fraction of sp³-hybridized carbons (Fsp3) is 0.500. The van der Waals surface area contributed by atoms with E-state index in [1.54, 1.807) is 0 Å². The lowest BCUT2D eigenvalue weighted by Gasteiger charge is -2.12. The first kappa shape index (κ1) is 17.5. The van der Waals surface area contributed by atoms with Crippen LogP contribution in [-0.4, -0.2) is 33.1 Å². The second-order valence-corrected chi connectivity index (χ2v) is 6.84. The number of nitrogens with one attached hydrogen (secondary N) is 1. The van der Waals surface area contributed by atoms with Gasteiger partial charge in [-0.3, -0.25) is 0 Å². The SMILES string of the molecule is COc1cc(C(=O)O)ccc1S(=O)(=O)NCCCC(C)C. The highest BCUT2D eigenvalue weighted by atomic mass is 32.2. The largest absolute Gasteiger partial charge is 0.495 e. The van der Waals surface area contributed by atoms with Crippen molar-refractivity contribution in [2.24, 2.45) is 5.92 Å². The minimum absolute atomic E-state index is 0.0197. The molecule has 0 saturated carbocycles. The highest BCUT2D eigenvalue weighted by Crippen LogP contribution is 2.25. The molecule has 0 saturated heterocycles. The van der Waals surface area contributed by atoms with Gasteiger partial charge in [-0.25, -0.2) is 17.9 Å². The van der Waals surface area contributed by atoms with Gasteiger partial charge in [-0.2, -0.15) is 0 Å². The van der Waals surface area contributed by atoms with Gasteiger partial charge in [0.1, 0.15) is 10.6 Å². The molecule has 0 aliphatic rings. The van der Waals surface area contributed by atoms with E-state index in [0.29, 0.717) is 12.5 Å². The number of hydrogen-bond acceptors (Lipinski definition) is 4. The summed E-state index contributed by atoms with van der Waals surface area (Å²) >= 11 is 0. The molecule has 118 valence electrons. The van der Waals surface area contributed by atoms with Crippen LogP contribution in [0.2, 0.25) is 0 Å². The fourth-order valence-electron chi connectivity index (χ4n) is 1.82. The third kappa shape index (κ3) is 5.02. The molecule has 21 heavy (non-hydrogen) atoms. The minimum atomic E-state index is -3.71. The van der Waals surface area contributed by atoms with Crippen LogP contribution in [0.25, 0.3) is 0 Å². The fourth-order valence-corrected chi connectivity index (χ4v) is 3.04. The number of benzene rings is 1. The maximum Gasteiger partial charge on any atom is 0.335 e. The number of carbonyl (C=O) groups is 1. The molecular formula is C14H21NO5S. The molecule has 0 radical (unpaired) electrons. The first-order chi connectivity index (χ1) is 9.77. The molecule has 2 N–H and O–H groups in total. The quantitative estimate of drug-likeness (QED) is 0.717. The average Bonchev–Trinajstić information content (AvgIpc) is 2.42. The highest BCUT2D eigenvalue weighted by molar-refractivity contribution is 7.89. The van der Waals surface area contributed by atoms with Gasteiger partial charge >= 0.3 is 5.97 Å². The maximum atomic E-state index is 12.2. The predicted octanol–water partition coefficient (Wildman–Crippen LogP) is 2.11. The molecule has 7 heteroatoms. The molecular weight excluding hydrogens is 294 g/mol. The van der Waals surface area contributed by atoms with E-state index in [4.69, 9.17) is 9.84 Å². The number of ether oxygens (including phenoxy) is 1. The normalized spacial score (nSPS) is 11.6. The van der Waals surface area contributed by atoms with Crippen molar-refractivity contribution in [1.29, 1.82) is 0 Å². The summed E-state index contributed by atoms with van der Waals surface area (Å²) in [5.74, 6) is -0.604. The van der Waals surface area contributed by atoms with Crippen molar-refractivity contribution in [3.05, 3.63) is 23.8 Å². The van der Waals surface area contributed by atoms with Crippen molar-refractivity contribution in [3.8, 4) is 5.75 Å². The molecule has 0 aromatic heterocycles. The molecule has 0 aliphatic heterocycles. The van der Waals surface area contributed by atoms with Crippen LogP contribution in [0.3, 0.4) is 0 Å². The van der Waals surface area contributed by atoms with E-state index in [-0.39, 0.29) is 16.2 Å². The van der Waals surface area contributed by atoms with Crippen molar-refractivity contribution >= 4 is 16.0 Å². The summed E-state index contributed by atoms with van der Waals surface area (Å²) in [5, 5.41) is 8.90. The van der Waals surface area contributed by atoms with Gasteiger partial charge in [-0.15, -0.1) is 0 Å². The van der Waals surface area contributed by atoms with Crippen LogP contribution in [-0.2, 0) is 10.0 Å². The number of sulfonamides is 1.